The number of nitrogen functional groups attached to an aromatic ring is 1. The molecular weight excluding hydrogens is 507 g/mol. The molecule has 1 aliphatic carbocycles. The number of pyridine rings is 1. The molecule has 1 saturated carbocycles. The summed E-state index contributed by atoms with van der Waals surface area (Å²) in [5.41, 5.74) is 10.6. The quantitative estimate of drug-likeness (QED) is 0.392. The number of nitrogens with one attached hydrogen (secondary N) is 1. The van der Waals surface area contributed by atoms with Crippen molar-refractivity contribution in [1.82, 2.24) is 9.97 Å². The Hall–Kier alpha value is -3.06. The number of aromatic nitrogens is 2. The maximum Gasteiger partial charge on any atom is 0.277 e. The maximum atomic E-state index is 14.9. The molecule has 2 fully saturated rings. The second-order valence-electron chi connectivity index (χ2n) is 9.72. The molecule has 0 spiro atoms. The minimum atomic E-state index is -1.94. The first-order valence-corrected chi connectivity index (χ1v) is 12.6. The molecule has 0 bridgehead atoms. The molecule has 1 saturated heterocycles. The molecule has 8 nitrogen and oxygen atoms in total. The number of anilines is 2. The summed E-state index contributed by atoms with van der Waals surface area (Å²) in [7, 11) is 0. The molecule has 3 heterocycles. The zero-order valence-corrected chi connectivity index (χ0v) is 20.7. The number of carbonyl (C=O) groups is 1. The van der Waals surface area contributed by atoms with Crippen LogP contribution in [0.25, 0.3) is 10.6 Å². The Labute approximate surface area is 214 Å². The van der Waals surface area contributed by atoms with Gasteiger partial charge >= 0.3 is 0 Å². The fourth-order valence-electron chi connectivity index (χ4n) is 4.96. The number of nitrogens with zero attached hydrogens (tertiary/aromatic N) is 2. The number of nitrogens with two attached hydrogens (primary N) is 2. The second kappa shape index (κ2) is 9.67. The molecule has 2 aromatic heterocycles. The van der Waals surface area contributed by atoms with Gasteiger partial charge in [0.1, 0.15) is 21.6 Å². The van der Waals surface area contributed by atoms with E-state index in [4.69, 9.17) is 16.2 Å². The first kappa shape index (κ1) is 25.6. The lowest BCUT2D eigenvalue weighted by Crippen LogP contribution is -2.44. The van der Waals surface area contributed by atoms with E-state index in [0.717, 1.165) is 29.0 Å². The summed E-state index contributed by atoms with van der Waals surface area (Å²) < 4.78 is 49.1. The molecule has 4 atom stereocenters. The van der Waals surface area contributed by atoms with Crippen molar-refractivity contribution in [3.8, 4) is 10.6 Å². The average molecular weight is 534 g/mol. The SMILES string of the molecule is C[C@H]1C[C@@H](c2ccncc2NC(=O)c2nc(-c3c(F)cc(C4(F)COC4)cc3F)sc2N)C[C@@H](N)[C@@H]1O. The number of aliphatic hydroxyl groups excluding tert-OH is 1. The highest BCUT2D eigenvalue weighted by atomic mass is 32.1. The van der Waals surface area contributed by atoms with Gasteiger partial charge in [-0.15, -0.1) is 0 Å². The van der Waals surface area contributed by atoms with Gasteiger partial charge in [0.2, 0.25) is 0 Å². The number of alkyl halides is 1. The van der Waals surface area contributed by atoms with Crippen molar-refractivity contribution in [2.75, 3.05) is 24.3 Å². The molecule has 37 heavy (non-hydrogen) atoms. The van der Waals surface area contributed by atoms with Crippen molar-refractivity contribution in [1.29, 1.82) is 0 Å². The van der Waals surface area contributed by atoms with Crippen LogP contribution in [0, 0.1) is 17.6 Å². The molecule has 2 aliphatic rings. The highest BCUT2D eigenvalue weighted by molar-refractivity contribution is 7.19. The predicted octanol–water partition coefficient (Wildman–Crippen LogP) is 3.71. The van der Waals surface area contributed by atoms with Gasteiger partial charge in [0.15, 0.2) is 11.4 Å². The summed E-state index contributed by atoms with van der Waals surface area (Å²) in [4.78, 5) is 21.3. The zero-order valence-electron chi connectivity index (χ0n) is 19.9. The van der Waals surface area contributed by atoms with Crippen molar-refractivity contribution < 1.29 is 27.8 Å². The summed E-state index contributed by atoms with van der Waals surface area (Å²) >= 11 is 0.748. The Balaban J connectivity index is 1.40. The summed E-state index contributed by atoms with van der Waals surface area (Å²) in [6, 6.07) is 3.20. The number of halogens is 3. The van der Waals surface area contributed by atoms with Crippen LogP contribution < -0.4 is 16.8 Å². The lowest BCUT2D eigenvalue weighted by molar-refractivity contribution is -0.135. The first-order chi connectivity index (χ1) is 17.6. The largest absolute Gasteiger partial charge is 0.391 e. The van der Waals surface area contributed by atoms with Crippen LogP contribution in [0.15, 0.2) is 30.6 Å². The van der Waals surface area contributed by atoms with Crippen LogP contribution in [0.4, 0.5) is 23.9 Å². The normalized spacial score (nSPS) is 24.9. The molecule has 6 N–H and O–H groups in total. The Morgan fingerprint density at radius 1 is 1.27 bits per heavy atom. The third-order valence-electron chi connectivity index (χ3n) is 7.08. The van der Waals surface area contributed by atoms with E-state index >= 15 is 0 Å². The van der Waals surface area contributed by atoms with E-state index in [1.54, 1.807) is 12.3 Å². The van der Waals surface area contributed by atoms with Crippen LogP contribution in [-0.4, -0.2) is 46.3 Å². The predicted molar refractivity (Wildman–Crippen MR) is 133 cm³/mol. The lowest BCUT2D eigenvalue weighted by Gasteiger charge is -2.36. The molecular formula is C25H26F3N5O3S. The number of rotatable bonds is 5. The smallest absolute Gasteiger partial charge is 0.277 e. The van der Waals surface area contributed by atoms with Gasteiger partial charge in [0, 0.05) is 12.2 Å². The number of hydrogen-bond acceptors (Lipinski definition) is 8. The van der Waals surface area contributed by atoms with Crippen LogP contribution in [0.2, 0.25) is 0 Å². The van der Waals surface area contributed by atoms with Crippen molar-refractivity contribution >= 4 is 27.9 Å². The van der Waals surface area contributed by atoms with Gasteiger partial charge in [-0.25, -0.2) is 18.2 Å². The summed E-state index contributed by atoms with van der Waals surface area (Å²) in [6.45, 7) is 1.37. The van der Waals surface area contributed by atoms with Gasteiger partial charge in [-0.1, -0.05) is 18.3 Å². The monoisotopic (exact) mass is 533 g/mol. The van der Waals surface area contributed by atoms with Crippen molar-refractivity contribution in [3.05, 3.63) is 59.0 Å². The van der Waals surface area contributed by atoms with Gasteiger partial charge in [0.05, 0.1) is 36.8 Å². The number of carbonyl (C=O) groups excluding carboxylic acids is 1. The van der Waals surface area contributed by atoms with Gasteiger partial charge < -0.3 is 26.6 Å². The van der Waals surface area contributed by atoms with E-state index in [9.17, 15) is 23.1 Å². The van der Waals surface area contributed by atoms with E-state index in [-0.39, 0.29) is 46.3 Å². The molecule has 0 radical (unpaired) electrons. The number of thiazole rings is 1. The van der Waals surface area contributed by atoms with Crippen molar-refractivity contribution in [2.24, 2.45) is 11.7 Å². The van der Waals surface area contributed by atoms with Gasteiger partial charge in [-0.05, 0) is 54.0 Å². The number of benzene rings is 1. The third-order valence-corrected chi connectivity index (χ3v) is 7.98. The number of aliphatic hydroxyl groups is 1. The van der Waals surface area contributed by atoms with Gasteiger partial charge in [0.25, 0.3) is 5.91 Å². The molecule has 12 heteroatoms. The van der Waals surface area contributed by atoms with Crippen molar-refractivity contribution in [2.45, 2.75) is 43.5 Å². The number of hydrogen-bond donors (Lipinski definition) is 4. The molecule has 3 aromatic rings. The third kappa shape index (κ3) is 4.70. The highest BCUT2D eigenvalue weighted by Gasteiger charge is 2.42. The van der Waals surface area contributed by atoms with Crippen LogP contribution in [0.3, 0.4) is 0 Å². The minimum absolute atomic E-state index is 0.0170. The average Bonchev–Trinajstić information content (AvgIpc) is 3.21. The van der Waals surface area contributed by atoms with Gasteiger partial charge in [-0.2, -0.15) is 0 Å². The second-order valence-corrected chi connectivity index (χ2v) is 10.8. The molecule has 5 rings (SSSR count). The minimum Gasteiger partial charge on any atom is -0.391 e. The zero-order chi connectivity index (χ0) is 26.5. The van der Waals surface area contributed by atoms with Crippen molar-refractivity contribution in [3.63, 3.8) is 0 Å². The molecule has 1 aromatic carbocycles. The Kier molecular flexibility index (Phi) is 6.69. The Morgan fingerprint density at radius 2 is 1.97 bits per heavy atom. The summed E-state index contributed by atoms with van der Waals surface area (Å²) in [5, 5.41) is 12.8. The Morgan fingerprint density at radius 3 is 2.59 bits per heavy atom. The van der Waals surface area contributed by atoms with E-state index in [0.29, 0.717) is 18.5 Å². The van der Waals surface area contributed by atoms with Crippen LogP contribution >= 0.6 is 11.3 Å². The first-order valence-electron chi connectivity index (χ1n) is 11.8. The molecule has 196 valence electrons. The summed E-state index contributed by atoms with van der Waals surface area (Å²) in [6.07, 6.45) is 3.70. The number of ether oxygens (including phenoxy) is 1. The maximum absolute atomic E-state index is 14.9. The fraction of sp³-hybridized carbons (Fsp3) is 0.400. The van der Waals surface area contributed by atoms with E-state index < -0.39 is 40.9 Å². The van der Waals surface area contributed by atoms with Crippen LogP contribution in [0.5, 0.6) is 0 Å². The summed E-state index contributed by atoms with van der Waals surface area (Å²) in [5.74, 6) is -2.74. The highest BCUT2D eigenvalue weighted by Crippen LogP contribution is 2.41. The van der Waals surface area contributed by atoms with E-state index in [1.807, 2.05) is 6.92 Å². The molecule has 1 amide bonds. The Bertz CT molecular complexity index is 1310. The van der Waals surface area contributed by atoms with E-state index in [1.165, 1.54) is 6.20 Å². The molecule has 0 unspecified atom stereocenters. The standard InChI is InChI=1S/C25H26F3N5O3S/c1-11-4-12(5-17(29)21(11)34)14-2-3-31-8-18(14)32-23(35)20-22(30)37-24(33-20)19-15(26)6-13(7-16(19)27)25(28)9-36-10-25/h2-3,6-8,11-12,17,21,34H,4-5,9-10,29-30H2,1H3,(H,32,35)/t11-,12+,17+,21+/m0/s1. The van der Waals surface area contributed by atoms with E-state index in [2.05, 4.69) is 15.3 Å². The molecule has 1 aliphatic heterocycles. The lowest BCUT2D eigenvalue weighted by atomic mass is 9.74. The fourth-order valence-corrected chi connectivity index (χ4v) is 5.84. The number of amides is 1. The topological polar surface area (TPSA) is 136 Å². The van der Waals surface area contributed by atoms with Crippen LogP contribution in [0.1, 0.15) is 47.3 Å². The van der Waals surface area contributed by atoms with Gasteiger partial charge in [-0.3, -0.25) is 9.78 Å². The van der Waals surface area contributed by atoms with Crippen LogP contribution in [-0.2, 0) is 10.4 Å².